The van der Waals surface area contributed by atoms with Crippen molar-refractivity contribution < 1.29 is 9.32 Å². The Bertz CT molecular complexity index is 801. The van der Waals surface area contributed by atoms with Crippen molar-refractivity contribution in [3.05, 3.63) is 34.6 Å². The molecule has 2 aromatic heterocycles. The Balaban J connectivity index is 1.70. The second-order valence-corrected chi connectivity index (χ2v) is 7.03. The first kappa shape index (κ1) is 18.3. The van der Waals surface area contributed by atoms with Gasteiger partial charge in [0.15, 0.2) is 5.76 Å². The molecule has 0 saturated carbocycles. The van der Waals surface area contributed by atoms with Crippen LogP contribution in [0.15, 0.2) is 10.6 Å². The lowest BCUT2D eigenvalue weighted by atomic mass is 10.2. The highest BCUT2D eigenvalue weighted by Crippen LogP contribution is 2.24. The lowest BCUT2D eigenvalue weighted by molar-refractivity contribution is 0.0815. The smallest absolute Gasteiger partial charge is 0.291 e. The van der Waals surface area contributed by atoms with Crippen LogP contribution in [0.1, 0.15) is 39.8 Å². The zero-order valence-corrected chi connectivity index (χ0v) is 16.0. The summed E-state index contributed by atoms with van der Waals surface area (Å²) in [5.74, 6) is 1.77. The van der Waals surface area contributed by atoms with Gasteiger partial charge in [-0.25, -0.2) is 9.97 Å². The van der Waals surface area contributed by atoms with Crippen molar-refractivity contribution in [2.45, 2.75) is 39.8 Å². The third kappa shape index (κ3) is 3.85. The lowest BCUT2D eigenvalue weighted by Gasteiger charge is -2.22. The molecule has 8 nitrogen and oxygen atoms in total. The van der Waals surface area contributed by atoms with E-state index in [-0.39, 0.29) is 11.7 Å². The van der Waals surface area contributed by atoms with Crippen molar-refractivity contribution in [2.24, 2.45) is 0 Å². The van der Waals surface area contributed by atoms with Crippen molar-refractivity contribution in [1.82, 2.24) is 25.3 Å². The molecule has 0 bridgehead atoms. The molecular weight excluding hydrogens is 332 g/mol. The van der Waals surface area contributed by atoms with Gasteiger partial charge in [-0.2, -0.15) is 0 Å². The molecule has 8 heteroatoms. The summed E-state index contributed by atoms with van der Waals surface area (Å²) < 4.78 is 5.25. The van der Waals surface area contributed by atoms with Crippen molar-refractivity contribution in [3.63, 3.8) is 0 Å². The minimum absolute atomic E-state index is 0.177. The van der Waals surface area contributed by atoms with Crippen molar-refractivity contribution in [2.75, 3.05) is 32.1 Å². The van der Waals surface area contributed by atoms with E-state index in [0.29, 0.717) is 12.6 Å². The molecule has 140 valence electrons. The quantitative estimate of drug-likeness (QED) is 0.866. The van der Waals surface area contributed by atoms with Gasteiger partial charge in [-0.1, -0.05) is 5.16 Å². The van der Waals surface area contributed by atoms with Crippen LogP contribution in [-0.4, -0.2) is 59.2 Å². The molecule has 0 unspecified atom stereocenters. The summed E-state index contributed by atoms with van der Waals surface area (Å²) >= 11 is 0. The number of anilines is 1. The predicted molar refractivity (Wildman–Crippen MR) is 98.2 cm³/mol. The van der Waals surface area contributed by atoms with E-state index in [9.17, 15) is 4.79 Å². The average Bonchev–Trinajstić information content (AvgIpc) is 3.23. The highest BCUT2D eigenvalue weighted by Gasteiger charge is 2.26. The maximum absolute atomic E-state index is 12.3. The molecular formula is C18H26N6O2. The summed E-state index contributed by atoms with van der Waals surface area (Å²) in [4.78, 5) is 24.9. The number of hydrogen-bond acceptors (Lipinski definition) is 7. The Morgan fingerprint density at radius 2 is 2.12 bits per heavy atom. The molecule has 0 radical (unpaired) electrons. The zero-order valence-electron chi connectivity index (χ0n) is 16.0. The summed E-state index contributed by atoms with van der Waals surface area (Å²) in [6.07, 6.45) is 1.01. The Morgan fingerprint density at radius 3 is 2.77 bits per heavy atom. The molecule has 0 aliphatic carbocycles. The molecule has 1 fully saturated rings. The van der Waals surface area contributed by atoms with Crippen molar-refractivity contribution in [3.8, 4) is 0 Å². The number of carbonyl (C=O) groups is 1. The molecule has 0 aromatic carbocycles. The Labute approximate surface area is 153 Å². The van der Waals surface area contributed by atoms with E-state index in [2.05, 4.69) is 25.3 Å². The van der Waals surface area contributed by atoms with Gasteiger partial charge in [-0.15, -0.1) is 0 Å². The van der Waals surface area contributed by atoms with Crippen molar-refractivity contribution in [1.29, 1.82) is 0 Å². The van der Waals surface area contributed by atoms with E-state index in [1.165, 1.54) is 4.90 Å². The van der Waals surface area contributed by atoms with Crippen LogP contribution in [0.25, 0.3) is 0 Å². The lowest BCUT2D eigenvalue weighted by Crippen LogP contribution is -2.33. The number of nitrogens with one attached hydrogen (secondary N) is 1. The minimum Gasteiger partial charge on any atom is -0.360 e. The second-order valence-electron chi connectivity index (χ2n) is 7.03. The monoisotopic (exact) mass is 358 g/mol. The average molecular weight is 358 g/mol. The number of nitrogens with zero attached hydrogens (tertiary/aromatic N) is 5. The molecule has 1 saturated heterocycles. The Morgan fingerprint density at radius 1 is 1.35 bits per heavy atom. The van der Waals surface area contributed by atoms with Gasteiger partial charge in [-0.3, -0.25) is 4.79 Å². The summed E-state index contributed by atoms with van der Waals surface area (Å²) in [5.41, 5.74) is 2.75. The highest BCUT2D eigenvalue weighted by molar-refractivity contribution is 5.90. The molecule has 1 aliphatic heterocycles. The highest BCUT2D eigenvalue weighted by atomic mass is 16.5. The molecule has 3 heterocycles. The summed E-state index contributed by atoms with van der Waals surface area (Å²) in [6.45, 7) is 8.22. The van der Waals surface area contributed by atoms with Crippen LogP contribution in [0.5, 0.6) is 0 Å². The van der Waals surface area contributed by atoms with E-state index < -0.39 is 0 Å². The number of aryl methyl sites for hydroxylation is 2. The minimum atomic E-state index is -0.177. The van der Waals surface area contributed by atoms with Crippen LogP contribution in [0.4, 0.5) is 5.82 Å². The molecule has 0 spiro atoms. The van der Waals surface area contributed by atoms with Crippen LogP contribution < -0.4 is 10.2 Å². The van der Waals surface area contributed by atoms with Crippen LogP contribution >= 0.6 is 0 Å². The fourth-order valence-corrected chi connectivity index (χ4v) is 3.08. The maximum atomic E-state index is 12.3. The molecule has 1 aliphatic rings. The van der Waals surface area contributed by atoms with E-state index in [4.69, 9.17) is 4.52 Å². The van der Waals surface area contributed by atoms with Crippen LogP contribution in [-0.2, 0) is 6.54 Å². The first-order chi connectivity index (χ1) is 12.3. The van der Waals surface area contributed by atoms with Crippen LogP contribution in [0, 0.1) is 20.8 Å². The summed E-state index contributed by atoms with van der Waals surface area (Å²) in [5, 5.41) is 7.41. The molecule has 1 amide bonds. The number of rotatable bonds is 5. The van der Waals surface area contributed by atoms with Crippen LogP contribution in [0.3, 0.4) is 0 Å². The zero-order chi connectivity index (χ0) is 18.8. The largest absolute Gasteiger partial charge is 0.360 e. The summed E-state index contributed by atoms with van der Waals surface area (Å²) in [7, 11) is 3.42. The third-order valence-corrected chi connectivity index (χ3v) is 4.69. The normalized spacial score (nSPS) is 17.0. The Hall–Kier alpha value is -2.48. The van der Waals surface area contributed by atoms with Gasteiger partial charge in [0.2, 0.25) is 5.82 Å². The van der Waals surface area contributed by atoms with Gasteiger partial charge in [0.1, 0.15) is 5.82 Å². The first-order valence-electron chi connectivity index (χ1n) is 8.82. The van der Waals surface area contributed by atoms with E-state index in [1.807, 2.05) is 26.8 Å². The van der Waals surface area contributed by atoms with Gasteiger partial charge in [-0.05, 0) is 27.2 Å². The molecule has 3 rings (SSSR count). The van der Waals surface area contributed by atoms with E-state index >= 15 is 0 Å². The van der Waals surface area contributed by atoms with E-state index in [0.717, 1.165) is 48.0 Å². The van der Waals surface area contributed by atoms with Crippen molar-refractivity contribution >= 4 is 11.7 Å². The summed E-state index contributed by atoms with van der Waals surface area (Å²) in [6, 6.07) is 2.28. The molecule has 26 heavy (non-hydrogen) atoms. The maximum Gasteiger partial charge on any atom is 0.291 e. The van der Waals surface area contributed by atoms with Gasteiger partial charge < -0.3 is 19.6 Å². The number of hydrogen-bond donors (Lipinski definition) is 1. The number of amides is 1. The molecule has 1 N–H and O–H groups in total. The van der Waals surface area contributed by atoms with Gasteiger partial charge in [0.05, 0.1) is 12.2 Å². The predicted octanol–water partition coefficient (Wildman–Crippen LogP) is 1.46. The number of carbonyl (C=O) groups excluding carboxylic acids is 1. The third-order valence-electron chi connectivity index (χ3n) is 4.69. The topological polar surface area (TPSA) is 87.4 Å². The van der Waals surface area contributed by atoms with Gasteiger partial charge >= 0.3 is 0 Å². The van der Waals surface area contributed by atoms with Crippen LogP contribution in [0.2, 0.25) is 0 Å². The van der Waals surface area contributed by atoms with E-state index in [1.54, 1.807) is 14.1 Å². The van der Waals surface area contributed by atoms with Gasteiger partial charge in [0.25, 0.3) is 5.91 Å². The number of aromatic nitrogens is 3. The molecule has 1 atom stereocenters. The first-order valence-corrected chi connectivity index (χ1v) is 8.82. The second kappa shape index (κ2) is 7.41. The molecule has 2 aromatic rings. The fraction of sp³-hybridized carbons (Fsp3) is 0.556. The Kier molecular flexibility index (Phi) is 5.22. The fourth-order valence-electron chi connectivity index (χ4n) is 3.08. The standard InChI is InChI=1S/C18H26N6O2/c1-11-8-15(26-22-11)9-19-14-6-7-24(10-14)17-12(2)13(3)20-16(21-17)18(25)23(4)5/h8,14,19H,6-7,9-10H2,1-5H3/t14-/m1/s1. The SMILES string of the molecule is Cc1cc(CN[C@@H]2CCN(c3nc(C(=O)N(C)C)nc(C)c3C)C2)on1. The van der Waals surface area contributed by atoms with Gasteiger partial charge in [0, 0.05) is 50.6 Å².